The number of rotatable bonds is 5. The Hall–Kier alpha value is -1.71. The summed E-state index contributed by atoms with van der Waals surface area (Å²) in [6, 6.07) is -2.09. The number of aliphatic hydroxyl groups excluding tert-OH is 2. The van der Waals surface area contributed by atoms with Gasteiger partial charge in [0.05, 0.1) is 17.6 Å². The number of hydrogen-bond donors (Lipinski definition) is 4. The van der Waals surface area contributed by atoms with Gasteiger partial charge in [0.1, 0.15) is 12.1 Å². The number of primary amides is 1. The lowest BCUT2D eigenvalue weighted by Crippen LogP contribution is -2.73. The quantitative estimate of drug-likeness (QED) is 0.402. The molecule has 5 atom stereocenters. The molecule has 2 aliphatic heterocycles. The highest BCUT2D eigenvalue weighted by Crippen LogP contribution is 2.41. The summed E-state index contributed by atoms with van der Waals surface area (Å²) in [5.41, 5.74) is 10.2. The second kappa shape index (κ2) is 6.66. The summed E-state index contributed by atoms with van der Waals surface area (Å²) >= 11 is 0. The van der Waals surface area contributed by atoms with Crippen molar-refractivity contribution in [3.05, 3.63) is 0 Å². The molecule has 2 saturated heterocycles. The van der Waals surface area contributed by atoms with Crippen LogP contribution in [0.3, 0.4) is 0 Å². The lowest BCUT2D eigenvalue weighted by atomic mass is 9.71. The highest BCUT2D eigenvalue weighted by Gasteiger charge is 2.57. The predicted octanol–water partition coefficient (Wildman–Crippen LogP) is -2.62. The highest BCUT2D eigenvalue weighted by molar-refractivity contribution is 5.95. The van der Waals surface area contributed by atoms with E-state index in [2.05, 4.69) is 0 Å². The van der Waals surface area contributed by atoms with Crippen LogP contribution in [-0.4, -0.2) is 81.7 Å². The molecule has 0 aliphatic carbocycles. The van der Waals surface area contributed by atoms with Crippen LogP contribution >= 0.6 is 0 Å². The van der Waals surface area contributed by atoms with E-state index in [1.807, 2.05) is 0 Å². The fraction of sp³-hybridized carbons (Fsp3) is 0.800. The molecule has 0 aromatic carbocycles. The van der Waals surface area contributed by atoms with Gasteiger partial charge in [-0.2, -0.15) is 0 Å². The van der Waals surface area contributed by atoms with Gasteiger partial charge < -0.3 is 31.5 Å². The summed E-state index contributed by atoms with van der Waals surface area (Å²) in [5.74, 6) is -1.43. The van der Waals surface area contributed by atoms with Crippen LogP contribution in [0, 0.1) is 5.41 Å². The van der Waals surface area contributed by atoms with Gasteiger partial charge in [0, 0.05) is 19.6 Å². The third-order valence-electron chi connectivity index (χ3n) is 4.97. The number of likely N-dealkylation sites (tertiary alicyclic amines) is 2. The van der Waals surface area contributed by atoms with Crippen molar-refractivity contribution in [1.82, 2.24) is 9.80 Å². The molecule has 24 heavy (non-hydrogen) atoms. The van der Waals surface area contributed by atoms with Gasteiger partial charge in [-0.05, 0) is 26.7 Å². The highest BCUT2D eigenvalue weighted by atomic mass is 16.3. The Kier molecular flexibility index (Phi) is 5.17. The summed E-state index contributed by atoms with van der Waals surface area (Å²) in [6.45, 7) is 3.79. The molecule has 2 fully saturated rings. The van der Waals surface area contributed by atoms with E-state index in [1.165, 1.54) is 23.6 Å². The Balaban J connectivity index is 2.09. The number of hydrogen-bond acceptors (Lipinski definition) is 6. The normalized spacial score (nSPS) is 29.0. The Morgan fingerprint density at radius 3 is 2.29 bits per heavy atom. The second-order valence-corrected chi connectivity index (χ2v) is 6.93. The van der Waals surface area contributed by atoms with E-state index in [9.17, 15) is 24.6 Å². The van der Waals surface area contributed by atoms with Crippen LogP contribution in [0.15, 0.2) is 0 Å². The van der Waals surface area contributed by atoms with Crippen LogP contribution < -0.4 is 11.5 Å². The Bertz CT molecular complexity index is 538. The number of nitrogens with two attached hydrogens (primary N) is 2. The number of piperidine rings is 1. The minimum Gasteiger partial charge on any atom is -0.391 e. The van der Waals surface area contributed by atoms with E-state index in [-0.39, 0.29) is 19.0 Å². The number of nitrogens with zero attached hydrogens (tertiary/aromatic N) is 2. The predicted molar refractivity (Wildman–Crippen MR) is 84.3 cm³/mol. The molecule has 1 unspecified atom stereocenters. The second-order valence-electron chi connectivity index (χ2n) is 6.93. The van der Waals surface area contributed by atoms with E-state index in [4.69, 9.17) is 11.5 Å². The first kappa shape index (κ1) is 18.6. The molecule has 0 bridgehead atoms. The van der Waals surface area contributed by atoms with Crippen molar-refractivity contribution in [2.75, 3.05) is 19.6 Å². The van der Waals surface area contributed by atoms with Crippen molar-refractivity contribution in [2.45, 2.75) is 51.0 Å². The van der Waals surface area contributed by atoms with Crippen molar-refractivity contribution < 1.29 is 24.6 Å². The van der Waals surface area contributed by atoms with Gasteiger partial charge in [-0.1, -0.05) is 0 Å². The molecule has 0 aromatic heterocycles. The fourth-order valence-electron chi connectivity index (χ4n) is 3.60. The lowest BCUT2D eigenvalue weighted by molar-refractivity contribution is -0.178. The first-order chi connectivity index (χ1) is 11.1. The van der Waals surface area contributed by atoms with Gasteiger partial charge in [0.2, 0.25) is 17.7 Å². The smallest absolute Gasteiger partial charge is 0.242 e. The van der Waals surface area contributed by atoms with Crippen LogP contribution in [-0.2, 0) is 14.4 Å². The molecule has 136 valence electrons. The molecule has 2 rings (SSSR count). The van der Waals surface area contributed by atoms with E-state index < -0.39 is 41.5 Å². The van der Waals surface area contributed by atoms with Crippen LogP contribution in [0.4, 0.5) is 0 Å². The Morgan fingerprint density at radius 1 is 1.21 bits per heavy atom. The summed E-state index contributed by atoms with van der Waals surface area (Å²) in [6.07, 6.45) is -0.804. The van der Waals surface area contributed by atoms with E-state index >= 15 is 0 Å². The van der Waals surface area contributed by atoms with Gasteiger partial charge in [0.25, 0.3) is 0 Å². The zero-order chi connectivity index (χ0) is 18.2. The summed E-state index contributed by atoms with van der Waals surface area (Å²) in [5, 5.41) is 19.2. The average molecular weight is 342 g/mol. The standard InChI is InChI=1S/C15H26N4O5/c1-8(20)10(16)13(23)18-5-3-4-15(6-18)7-19(14(15)24)11(9(2)21)12(17)22/h8-11,20-21H,3-7,16H2,1-2H3,(H2,17,22)/t8-,9-,10+,11+,15?/m1/s1. The maximum absolute atomic E-state index is 12.6. The summed E-state index contributed by atoms with van der Waals surface area (Å²) in [4.78, 5) is 39.2. The summed E-state index contributed by atoms with van der Waals surface area (Å²) < 4.78 is 0. The van der Waals surface area contributed by atoms with Crippen LogP contribution in [0.1, 0.15) is 26.7 Å². The number of β-lactam (4-membered cyclic amide) rings is 1. The van der Waals surface area contributed by atoms with Crippen molar-refractivity contribution in [3.63, 3.8) is 0 Å². The van der Waals surface area contributed by atoms with Gasteiger partial charge in [-0.15, -0.1) is 0 Å². The van der Waals surface area contributed by atoms with E-state index in [0.717, 1.165) is 0 Å². The number of carbonyl (C=O) groups is 3. The lowest BCUT2D eigenvalue weighted by Gasteiger charge is -2.55. The Morgan fingerprint density at radius 2 is 1.83 bits per heavy atom. The van der Waals surface area contributed by atoms with Crippen molar-refractivity contribution in [3.8, 4) is 0 Å². The molecule has 0 aromatic rings. The third kappa shape index (κ3) is 3.11. The monoisotopic (exact) mass is 342 g/mol. The third-order valence-corrected chi connectivity index (χ3v) is 4.97. The molecule has 0 saturated carbocycles. The minimum absolute atomic E-state index is 0.201. The maximum Gasteiger partial charge on any atom is 0.242 e. The van der Waals surface area contributed by atoms with Gasteiger partial charge in [-0.3, -0.25) is 14.4 Å². The molecule has 3 amide bonds. The minimum atomic E-state index is -1.06. The molecular weight excluding hydrogens is 316 g/mol. The SMILES string of the molecule is C[C@@H](O)[C@H](N)C(=O)N1CCCC2(C1)CN([C@H](C(N)=O)[C@@H](C)O)C2=O. The first-order valence-corrected chi connectivity index (χ1v) is 8.11. The molecule has 0 radical (unpaired) electrons. The zero-order valence-corrected chi connectivity index (χ0v) is 14.0. The van der Waals surface area contributed by atoms with Crippen molar-refractivity contribution in [2.24, 2.45) is 16.9 Å². The summed E-state index contributed by atoms with van der Waals surface area (Å²) in [7, 11) is 0. The van der Waals surface area contributed by atoms with Crippen molar-refractivity contribution >= 4 is 17.7 Å². The van der Waals surface area contributed by atoms with E-state index in [1.54, 1.807) is 0 Å². The van der Waals surface area contributed by atoms with Crippen LogP contribution in [0.25, 0.3) is 0 Å². The molecule has 2 heterocycles. The zero-order valence-electron chi connectivity index (χ0n) is 14.0. The van der Waals surface area contributed by atoms with E-state index in [0.29, 0.717) is 19.4 Å². The van der Waals surface area contributed by atoms with Crippen molar-refractivity contribution in [1.29, 1.82) is 0 Å². The van der Waals surface area contributed by atoms with Gasteiger partial charge >= 0.3 is 0 Å². The first-order valence-electron chi connectivity index (χ1n) is 8.11. The average Bonchev–Trinajstić information content (AvgIpc) is 2.52. The fourth-order valence-corrected chi connectivity index (χ4v) is 3.60. The largest absolute Gasteiger partial charge is 0.391 e. The topological polar surface area (TPSA) is 150 Å². The molecule has 1 spiro atoms. The van der Waals surface area contributed by atoms with Crippen LogP contribution in [0.5, 0.6) is 0 Å². The molecular formula is C15H26N4O5. The molecule has 6 N–H and O–H groups in total. The number of aliphatic hydroxyl groups is 2. The Labute approximate surface area is 140 Å². The number of carbonyl (C=O) groups excluding carboxylic acids is 3. The molecule has 2 aliphatic rings. The molecule has 9 heteroatoms. The molecule has 9 nitrogen and oxygen atoms in total. The van der Waals surface area contributed by atoms with Gasteiger partial charge in [-0.25, -0.2) is 0 Å². The number of amides is 3. The maximum atomic E-state index is 12.6. The van der Waals surface area contributed by atoms with Gasteiger partial charge in [0.15, 0.2) is 0 Å². The van der Waals surface area contributed by atoms with Crippen LogP contribution in [0.2, 0.25) is 0 Å².